The van der Waals surface area contributed by atoms with Crippen LogP contribution in [0.15, 0.2) is 18.5 Å². The zero-order valence-electron chi connectivity index (χ0n) is 11.8. The van der Waals surface area contributed by atoms with Gasteiger partial charge in [0.25, 0.3) is 5.95 Å². The summed E-state index contributed by atoms with van der Waals surface area (Å²) in [7, 11) is 0. The summed E-state index contributed by atoms with van der Waals surface area (Å²) in [6, 6.07) is 1.79. The monoisotopic (exact) mass is 289 g/mol. The van der Waals surface area contributed by atoms with Crippen molar-refractivity contribution in [1.29, 1.82) is 0 Å². The van der Waals surface area contributed by atoms with Gasteiger partial charge in [-0.1, -0.05) is 0 Å². The van der Waals surface area contributed by atoms with Gasteiger partial charge in [-0.15, -0.1) is 0 Å². The molecule has 1 fully saturated rings. The van der Waals surface area contributed by atoms with Gasteiger partial charge in [-0.25, -0.2) is 4.68 Å². The van der Waals surface area contributed by atoms with E-state index in [1.165, 1.54) is 0 Å². The molecule has 1 saturated heterocycles. The van der Waals surface area contributed by atoms with Gasteiger partial charge in [0.15, 0.2) is 0 Å². The molecule has 0 aliphatic carbocycles. The first kappa shape index (κ1) is 13.8. The molecule has 0 bridgehead atoms. The molecule has 0 aromatic carbocycles. The standard InChI is InChI=1S/C13H19N7O/c14-11-10(2-5-19-6-8-21-9-7-19)12(15)18-13(17-11)20-4-1-3-16-20/h1,3-4H,2,5-9H2,(H4,14,15,17,18). The van der Waals surface area contributed by atoms with Crippen LogP contribution in [0.4, 0.5) is 11.6 Å². The summed E-state index contributed by atoms with van der Waals surface area (Å²) in [6.45, 7) is 4.31. The Kier molecular flexibility index (Phi) is 3.98. The Labute approximate surface area is 122 Å². The summed E-state index contributed by atoms with van der Waals surface area (Å²) in [4.78, 5) is 10.9. The zero-order valence-corrected chi connectivity index (χ0v) is 11.8. The molecule has 2 aromatic rings. The molecule has 21 heavy (non-hydrogen) atoms. The third-order valence-corrected chi connectivity index (χ3v) is 3.55. The van der Waals surface area contributed by atoms with E-state index < -0.39 is 0 Å². The highest BCUT2D eigenvalue weighted by molar-refractivity contribution is 5.54. The number of ether oxygens (including phenoxy) is 1. The number of hydrogen-bond acceptors (Lipinski definition) is 7. The van der Waals surface area contributed by atoms with E-state index in [2.05, 4.69) is 20.0 Å². The fraction of sp³-hybridized carbons (Fsp3) is 0.462. The molecule has 0 spiro atoms. The quantitative estimate of drug-likeness (QED) is 0.795. The predicted molar refractivity (Wildman–Crippen MR) is 78.9 cm³/mol. The Bertz CT molecular complexity index is 570. The van der Waals surface area contributed by atoms with E-state index in [1.54, 1.807) is 23.1 Å². The summed E-state index contributed by atoms with van der Waals surface area (Å²) in [5, 5.41) is 4.08. The average molecular weight is 289 g/mol. The number of anilines is 2. The van der Waals surface area contributed by atoms with Gasteiger partial charge in [-0.3, -0.25) is 4.90 Å². The molecule has 1 aliphatic heterocycles. The first-order chi connectivity index (χ1) is 10.2. The van der Waals surface area contributed by atoms with Crippen molar-refractivity contribution in [2.45, 2.75) is 6.42 Å². The maximum atomic E-state index is 6.03. The lowest BCUT2D eigenvalue weighted by Gasteiger charge is -2.26. The highest BCUT2D eigenvalue weighted by Crippen LogP contribution is 2.18. The van der Waals surface area contributed by atoms with E-state index in [4.69, 9.17) is 16.2 Å². The van der Waals surface area contributed by atoms with Crippen molar-refractivity contribution in [3.05, 3.63) is 24.0 Å². The van der Waals surface area contributed by atoms with Gasteiger partial charge in [0, 0.05) is 37.6 Å². The number of rotatable bonds is 4. The number of aromatic nitrogens is 4. The first-order valence-electron chi connectivity index (χ1n) is 6.96. The molecule has 112 valence electrons. The van der Waals surface area contributed by atoms with Gasteiger partial charge in [0.1, 0.15) is 11.6 Å². The molecule has 0 amide bonds. The van der Waals surface area contributed by atoms with E-state index in [9.17, 15) is 0 Å². The van der Waals surface area contributed by atoms with Crippen molar-refractivity contribution in [1.82, 2.24) is 24.6 Å². The lowest BCUT2D eigenvalue weighted by molar-refractivity contribution is 0.0385. The lowest BCUT2D eigenvalue weighted by atomic mass is 10.2. The first-order valence-corrected chi connectivity index (χ1v) is 6.96. The second-order valence-electron chi connectivity index (χ2n) is 4.93. The van der Waals surface area contributed by atoms with Gasteiger partial charge >= 0.3 is 0 Å². The van der Waals surface area contributed by atoms with Crippen molar-refractivity contribution in [2.75, 3.05) is 44.3 Å². The van der Waals surface area contributed by atoms with Crippen LogP contribution in [0.3, 0.4) is 0 Å². The van der Waals surface area contributed by atoms with Gasteiger partial charge in [0.2, 0.25) is 0 Å². The molecule has 0 saturated carbocycles. The minimum absolute atomic E-state index is 0.394. The fourth-order valence-electron chi connectivity index (χ4n) is 2.35. The molecule has 1 aliphatic rings. The SMILES string of the molecule is Nc1nc(-n2cccn2)nc(N)c1CCN1CCOCC1. The van der Waals surface area contributed by atoms with Crippen LogP contribution in [0.1, 0.15) is 5.56 Å². The normalized spacial score (nSPS) is 16.2. The topological polar surface area (TPSA) is 108 Å². The summed E-state index contributed by atoms with van der Waals surface area (Å²) < 4.78 is 6.87. The number of nitrogens with zero attached hydrogens (tertiary/aromatic N) is 5. The summed E-state index contributed by atoms with van der Waals surface area (Å²) in [6.07, 6.45) is 4.14. The summed E-state index contributed by atoms with van der Waals surface area (Å²) in [5.74, 6) is 1.23. The fourth-order valence-corrected chi connectivity index (χ4v) is 2.35. The molecule has 0 atom stereocenters. The van der Waals surface area contributed by atoms with E-state index in [0.29, 0.717) is 17.6 Å². The Morgan fingerprint density at radius 2 is 1.86 bits per heavy atom. The largest absolute Gasteiger partial charge is 0.383 e. The van der Waals surface area contributed by atoms with Crippen LogP contribution >= 0.6 is 0 Å². The Morgan fingerprint density at radius 3 is 2.48 bits per heavy atom. The number of nitrogen functional groups attached to an aromatic ring is 2. The molecule has 3 heterocycles. The van der Waals surface area contributed by atoms with Crippen LogP contribution in [0.5, 0.6) is 0 Å². The Hall–Kier alpha value is -2.19. The van der Waals surface area contributed by atoms with Crippen LogP contribution in [-0.4, -0.2) is 57.5 Å². The maximum Gasteiger partial charge on any atom is 0.254 e. The van der Waals surface area contributed by atoms with Crippen molar-refractivity contribution in [3.8, 4) is 5.95 Å². The molecular formula is C13H19N7O. The third kappa shape index (κ3) is 3.11. The molecular weight excluding hydrogens is 270 g/mol. The van der Waals surface area contributed by atoms with Gasteiger partial charge in [0.05, 0.1) is 13.2 Å². The number of nitrogens with two attached hydrogens (primary N) is 2. The van der Waals surface area contributed by atoms with Crippen LogP contribution in [0, 0.1) is 0 Å². The molecule has 8 nitrogen and oxygen atoms in total. The summed E-state index contributed by atoms with van der Waals surface area (Å²) >= 11 is 0. The van der Waals surface area contributed by atoms with Crippen molar-refractivity contribution in [3.63, 3.8) is 0 Å². The molecule has 8 heteroatoms. The van der Waals surface area contributed by atoms with E-state index in [-0.39, 0.29) is 0 Å². The minimum Gasteiger partial charge on any atom is -0.383 e. The highest BCUT2D eigenvalue weighted by atomic mass is 16.5. The number of morpholine rings is 1. The van der Waals surface area contributed by atoms with E-state index in [0.717, 1.165) is 44.8 Å². The maximum absolute atomic E-state index is 6.03. The number of hydrogen-bond donors (Lipinski definition) is 2. The Balaban J connectivity index is 1.73. The Morgan fingerprint density at radius 1 is 1.14 bits per heavy atom. The smallest absolute Gasteiger partial charge is 0.254 e. The molecule has 2 aromatic heterocycles. The highest BCUT2D eigenvalue weighted by Gasteiger charge is 2.15. The van der Waals surface area contributed by atoms with Crippen LogP contribution in [0.2, 0.25) is 0 Å². The zero-order chi connectivity index (χ0) is 14.7. The summed E-state index contributed by atoms with van der Waals surface area (Å²) in [5.41, 5.74) is 12.9. The lowest BCUT2D eigenvalue weighted by Crippen LogP contribution is -2.37. The van der Waals surface area contributed by atoms with Crippen LogP contribution in [0.25, 0.3) is 5.95 Å². The van der Waals surface area contributed by atoms with E-state index in [1.807, 2.05) is 0 Å². The minimum atomic E-state index is 0.394. The van der Waals surface area contributed by atoms with Gasteiger partial charge in [-0.05, 0) is 12.5 Å². The predicted octanol–water partition coefficient (Wildman–Crippen LogP) is -0.299. The molecule has 0 unspecified atom stereocenters. The van der Waals surface area contributed by atoms with Crippen molar-refractivity contribution < 1.29 is 4.74 Å². The second kappa shape index (κ2) is 6.06. The molecule has 4 N–H and O–H groups in total. The van der Waals surface area contributed by atoms with Crippen LogP contribution < -0.4 is 11.5 Å². The van der Waals surface area contributed by atoms with Gasteiger partial charge in [-0.2, -0.15) is 15.1 Å². The van der Waals surface area contributed by atoms with Crippen molar-refractivity contribution in [2.24, 2.45) is 0 Å². The third-order valence-electron chi connectivity index (χ3n) is 3.55. The van der Waals surface area contributed by atoms with E-state index >= 15 is 0 Å². The molecule has 3 rings (SSSR count). The van der Waals surface area contributed by atoms with Gasteiger partial charge < -0.3 is 16.2 Å². The average Bonchev–Trinajstić information content (AvgIpc) is 3.01. The second-order valence-corrected chi connectivity index (χ2v) is 4.93. The molecule has 0 radical (unpaired) electrons. The van der Waals surface area contributed by atoms with Crippen molar-refractivity contribution >= 4 is 11.6 Å². The van der Waals surface area contributed by atoms with Crippen LogP contribution in [-0.2, 0) is 11.2 Å².